The normalized spacial score (nSPS) is 16.8. The maximum Gasteiger partial charge on any atom is 0.340 e. The second kappa shape index (κ2) is 18.3. The fourth-order valence-corrected chi connectivity index (χ4v) is 6.38. The van der Waals surface area contributed by atoms with Gasteiger partial charge in [0.1, 0.15) is 5.38 Å². The van der Waals surface area contributed by atoms with Crippen molar-refractivity contribution in [3.8, 4) is 0 Å². The molecule has 4 amide bonds. The van der Waals surface area contributed by atoms with Crippen molar-refractivity contribution in [2.24, 2.45) is 5.41 Å². The molecule has 268 valence electrons. The van der Waals surface area contributed by atoms with E-state index in [-0.39, 0.29) is 31.0 Å². The SMILES string of the molecule is CCCCCCCCCCC(Cl)C(OC(=O)c1cccc(NC(C)=O)c1)(C(=O)C(C)(C)C)N1C(=O)C(OCC)N(Cc2ccccc2)C1=O. The lowest BCUT2D eigenvalue weighted by Gasteiger charge is -2.43. The highest BCUT2D eigenvalue weighted by Crippen LogP contribution is 2.41. The van der Waals surface area contributed by atoms with Crippen molar-refractivity contribution in [2.45, 2.75) is 123 Å². The van der Waals surface area contributed by atoms with Crippen LogP contribution in [0.15, 0.2) is 54.6 Å². The van der Waals surface area contributed by atoms with Gasteiger partial charge in [-0.1, -0.05) is 115 Å². The molecule has 0 radical (unpaired) electrons. The smallest absolute Gasteiger partial charge is 0.340 e. The summed E-state index contributed by atoms with van der Waals surface area (Å²) in [6.07, 6.45) is 6.89. The van der Waals surface area contributed by atoms with Crippen LogP contribution in [0.5, 0.6) is 0 Å². The van der Waals surface area contributed by atoms with Gasteiger partial charge in [0, 0.05) is 24.6 Å². The van der Waals surface area contributed by atoms with Crippen LogP contribution in [0.4, 0.5) is 10.5 Å². The minimum Gasteiger partial charge on any atom is -0.425 e. The zero-order valence-corrected chi connectivity index (χ0v) is 30.5. The van der Waals surface area contributed by atoms with Gasteiger partial charge >= 0.3 is 12.0 Å². The van der Waals surface area contributed by atoms with Crippen LogP contribution in [-0.4, -0.2) is 63.3 Å². The van der Waals surface area contributed by atoms with Gasteiger partial charge in [0.05, 0.1) is 12.1 Å². The number of esters is 1. The quantitative estimate of drug-likeness (QED) is 0.0682. The van der Waals surface area contributed by atoms with E-state index < -0.39 is 46.4 Å². The Morgan fingerprint density at radius 1 is 0.898 bits per heavy atom. The van der Waals surface area contributed by atoms with E-state index >= 15 is 0 Å². The number of carbonyl (C=O) groups excluding carboxylic acids is 5. The Kier molecular flexibility index (Phi) is 14.8. The van der Waals surface area contributed by atoms with Crippen LogP contribution in [0.1, 0.15) is 115 Å². The van der Waals surface area contributed by atoms with E-state index in [4.69, 9.17) is 21.1 Å². The van der Waals surface area contributed by atoms with Gasteiger partial charge in [0.25, 0.3) is 11.6 Å². The fourth-order valence-electron chi connectivity index (χ4n) is 5.98. The Morgan fingerprint density at radius 2 is 1.53 bits per heavy atom. The molecule has 3 atom stereocenters. The predicted octanol–water partition coefficient (Wildman–Crippen LogP) is 8.08. The number of hydrogen-bond donors (Lipinski definition) is 1. The third-order valence-electron chi connectivity index (χ3n) is 8.41. The molecule has 1 aliphatic rings. The van der Waals surface area contributed by atoms with Gasteiger partial charge in [-0.2, -0.15) is 0 Å². The molecule has 0 spiro atoms. The van der Waals surface area contributed by atoms with Gasteiger partial charge in [0.15, 0.2) is 0 Å². The van der Waals surface area contributed by atoms with Gasteiger partial charge in [-0.05, 0) is 37.1 Å². The standard InChI is InChI=1S/C38H52ClN3O7/c1-7-9-10-11-12-13-14-18-24-31(39)38(35(46)37(4,5)6,49-34(45)29-22-19-23-30(25-29)40-27(3)43)42-32(44)33(48-8-2)41(36(42)47)26-28-20-16-15-17-21-28/h15-17,19-23,25,31,33H,7-14,18,24,26H2,1-6H3,(H,40,43). The van der Waals surface area contributed by atoms with Crippen LogP contribution in [0, 0.1) is 5.41 Å². The molecule has 1 N–H and O–H groups in total. The predicted molar refractivity (Wildman–Crippen MR) is 190 cm³/mol. The Labute approximate surface area is 295 Å². The fraction of sp³-hybridized carbons (Fsp3) is 0.553. The van der Waals surface area contributed by atoms with Crippen LogP contribution < -0.4 is 5.32 Å². The third-order valence-corrected chi connectivity index (χ3v) is 8.93. The van der Waals surface area contributed by atoms with E-state index in [0.717, 1.165) is 42.6 Å². The summed E-state index contributed by atoms with van der Waals surface area (Å²) in [4.78, 5) is 71.3. The number of benzene rings is 2. The number of ether oxygens (including phenoxy) is 2. The number of ketones is 1. The molecule has 3 rings (SSSR count). The summed E-state index contributed by atoms with van der Waals surface area (Å²) in [5, 5.41) is 1.34. The van der Waals surface area contributed by atoms with Crippen LogP contribution >= 0.6 is 11.6 Å². The molecule has 49 heavy (non-hydrogen) atoms. The number of unbranched alkanes of at least 4 members (excludes halogenated alkanes) is 7. The average molecular weight is 698 g/mol. The highest BCUT2D eigenvalue weighted by atomic mass is 35.5. The van der Waals surface area contributed by atoms with Crippen LogP contribution in [0.25, 0.3) is 0 Å². The van der Waals surface area contributed by atoms with E-state index in [1.807, 2.05) is 30.3 Å². The van der Waals surface area contributed by atoms with Crippen LogP contribution in [0.2, 0.25) is 0 Å². The van der Waals surface area contributed by atoms with Crippen molar-refractivity contribution in [2.75, 3.05) is 11.9 Å². The highest BCUT2D eigenvalue weighted by Gasteiger charge is 2.65. The number of urea groups is 1. The topological polar surface area (TPSA) is 122 Å². The Morgan fingerprint density at radius 3 is 2.12 bits per heavy atom. The van der Waals surface area contributed by atoms with Gasteiger partial charge in [-0.25, -0.2) is 14.5 Å². The highest BCUT2D eigenvalue weighted by molar-refractivity contribution is 6.25. The molecule has 0 aromatic heterocycles. The van der Waals surface area contributed by atoms with Crippen molar-refractivity contribution in [1.82, 2.24) is 9.80 Å². The molecule has 0 saturated carbocycles. The number of carbonyl (C=O) groups is 5. The zero-order chi connectivity index (χ0) is 36.2. The number of nitrogens with zero attached hydrogens (tertiary/aromatic N) is 2. The molecule has 3 unspecified atom stereocenters. The number of imide groups is 1. The number of amides is 4. The van der Waals surface area contributed by atoms with Crippen molar-refractivity contribution in [3.05, 3.63) is 65.7 Å². The molecule has 0 bridgehead atoms. The van der Waals surface area contributed by atoms with Gasteiger partial charge in [0.2, 0.25) is 17.9 Å². The Bertz CT molecular complexity index is 1440. The lowest BCUT2D eigenvalue weighted by molar-refractivity contribution is -0.174. The summed E-state index contributed by atoms with van der Waals surface area (Å²) in [6, 6.07) is 14.2. The lowest BCUT2D eigenvalue weighted by Crippen LogP contribution is -2.67. The van der Waals surface area contributed by atoms with Crippen LogP contribution in [0.3, 0.4) is 0 Å². The van der Waals surface area contributed by atoms with E-state index in [0.29, 0.717) is 12.1 Å². The first-order valence-electron chi connectivity index (χ1n) is 17.4. The monoisotopic (exact) mass is 697 g/mol. The van der Waals surface area contributed by atoms with E-state index in [1.165, 1.54) is 36.8 Å². The molecule has 1 fully saturated rings. The minimum atomic E-state index is -2.52. The molecule has 0 aliphatic carbocycles. The lowest BCUT2D eigenvalue weighted by atomic mass is 9.80. The molecule has 1 aliphatic heterocycles. The van der Waals surface area contributed by atoms with Gasteiger partial charge in [-0.15, -0.1) is 11.6 Å². The molecule has 1 saturated heterocycles. The number of hydrogen-bond acceptors (Lipinski definition) is 7. The largest absolute Gasteiger partial charge is 0.425 e. The molecule has 1 heterocycles. The molecular weight excluding hydrogens is 646 g/mol. The maximum absolute atomic E-state index is 14.7. The third kappa shape index (κ3) is 10.1. The number of nitrogens with one attached hydrogen (secondary N) is 1. The summed E-state index contributed by atoms with van der Waals surface area (Å²) in [5.74, 6) is -2.88. The van der Waals surface area contributed by atoms with Crippen molar-refractivity contribution < 1.29 is 33.4 Å². The molecule has 11 heteroatoms. The summed E-state index contributed by atoms with van der Waals surface area (Å²) in [6.45, 7) is 10.2. The maximum atomic E-state index is 14.7. The summed E-state index contributed by atoms with van der Waals surface area (Å²) in [5.41, 5.74) is -2.67. The van der Waals surface area contributed by atoms with Crippen molar-refractivity contribution in [1.29, 1.82) is 0 Å². The minimum absolute atomic E-state index is 0.00403. The number of anilines is 1. The molecule has 2 aromatic carbocycles. The second-order valence-corrected chi connectivity index (χ2v) is 14.1. The Hall–Kier alpha value is -3.76. The molecule has 2 aromatic rings. The summed E-state index contributed by atoms with van der Waals surface area (Å²) < 4.78 is 12.0. The molecular formula is C38H52ClN3O7. The zero-order valence-electron chi connectivity index (χ0n) is 29.8. The first-order valence-corrected chi connectivity index (χ1v) is 17.8. The number of rotatable bonds is 19. The number of alkyl halides is 1. The molecule has 10 nitrogen and oxygen atoms in total. The van der Waals surface area contributed by atoms with E-state index in [9.17, 15) is 24.0 Å². The second-order valence-electron chi connectivity index (χ2n) is 13.5. The van der Waals surface area contributed by atoms with Gasteiger partial charge < -0.3 is 14.8 Å². The average Bonchev–Trinajstić information content (AvgIpc) is 3.28. The summed E-state index contributed by atoms with van der Waals surface area (Å²) >= 11 is 7.20. The first kappa shape index (κ1) is 39.7. The van der Waals surface area contributed by atoms with Crippen molar-refractivity contribution >= 4 is 46.9 Å². The van der Waals surface area contributed by atoms with Crippen LogP contribution in [-0.2, 0) is 30.4 Å². The van der Waals surface area contributed by atoms with Crippen molar-refractivity contribution in [3.63, 3.8) is 0 Å². The van der Waals surface area contributed by atoms with E-state index in [2.05, 4.69) is 12.2 Å². The Balaban J connectivity index is 2.10. The number of halogens is 1. The van der Waals surface area contributed by atoms with Gasteiger partial charge in [-0.3, -0.25) is 19.3 Å². The number of Topliss-reactive ketones (excluding diaryl/α,β-unsaturated/α-hetero) is 1. The van der Waals surface area contributed by atoms with E-state index in [1.54, 1.807) is 39.8 Å². The summed E-state index contributed by atoms with van der Waals surface area (Å²) in [7, 11) is 0. The first-order chi connectivity index (χ1) is 23.3.